The molecule has 2 heterocycles. The highest BCUT2D eigenvalue weighted by atomic mass is 16.4. The monoisotopic (exact) mass is 294 g/mol. The zero-order valence-electron chi connectivity index (χ0n) is 11.8. The Morgan fingerprint density at radius 3 is 2.81 bits per heavy atom. The summed E-state index contributed by atoms with van der Waals surface area (Å²) in [5.41, 5.74) is 0. The first-order chi connectivity index (χ1) is 9.97. The van der Waals surface area contributed by atoms with Crippen LogP contribution in [0.1, 0.15) is 36.1 Å². The molecule has 1 aromatic rings. The smallest absolute Gasteiger partial charge is 0.371 e. The number of hydrogen-bond donors (Lipinski definition) is 2. The predicted octanol–water partition coefficient (Wildman–Crippen LogP) is 0.852. The minimum absolute atomic E-state index is 0.0235. The average molecular weight is 294 g/mol. The van der Waals surface area contributed by atoms with Crippen molar-refractivity contribution in [3.63, 3.8) is 0 Å². The number of amides is 2. The van der Waals surface area contributed by atoms with Gasteiger partial charge in [-0.15, -0.1) is 0 Å². The molecule has 1 aliphatic heterocycles. The van der Waals surface area contributed by atoms with E-state index in [1.807, 2.05) is 0 Å². The molecule has 1 saturated heterocycles. The zero-order chi connectivity index (χ0) is 15.4. The number of carbonyl (C=O) groups excluding carboxylic acids is 2. The SMILES string of the molecule is CC(=O)N1CCCC(C(=O)NCc2ccc(C(=O)O)o2)C1. The van der Waals surface area contributed by atoms with E-state index in [0.717, 1.165) is 12.8 Å². The largest absolute Gasteiger partial charge is 0.475 e. The molecule has 114 valence electrons. The van der Waals surface area contributed by atoms with Gasteiger partial charge in [-0.05, 0) is 25.0 Å². The lowest BCUT2D eigenvalue weighted by Crippen LogP contribution is -2.44. The number of furan rings is 1. The topological polar surface area (TPSA) is 99.9 Å². The second-order valence-corrected chi connectivity index (χ2v) is 5.09. The Kier molecular flexibility index (Phi) is 4.62. The summed E-state index contributed by atoms with van der Waals surface area (Å²) >= 11 is 0. The van der Waals surface area contributed by atoms with Crippen LogP contribution in [-0.2, 0) is 16.1 Å². The van der Waals surface area contributed by atoms with Gasteiger partial charge in [-0.3, -0.25) is 9.59 Å². The lowest BCUT2D eigenvalue weighted by molar-refractivity contribution is -0.134. The Morgan fingerprint density at radius 2 is 2.19 bits per heavy atom. The van der Waals surface area contributed by atoms with Gasteiger partial charge in [0.15, 0.2) is 0 Å². The molecular formula is C14H18N2O5. The molecule has 1 unspecified atom stereocenters. The number of carboxylic acid groups (broad SMARTS) is 1. The Morgan fingerprint density at radius 1 is 1.43 bits per heavy atom. The van der Waals surface area contributed by atoms with Crippen LogP contribution in [0.5, 0.6) is 0 Å². The summed E-state index contributed by atoms with van der Waals surface area (Å²) in [6, 6.07) is 2.87. The van der Waals surface area contributed by atoms with Crippen molar-refractivity contribution in [2.24, 2.45) is 5.92 Å². The summed E-state index contributed by atoms with van der Waals surface area (Å²) in [5, 5.41) is 11.5. The van der Waals surface area contributed by atoms with Gasteiger partial charge >= 0.3 is 5.97 Å². The second kappa shape index (κ2) is 6.43. The Balaban J connectivity index is 1.86. The van der Waals surface area contributed by atoms with Crippen LogP contribution in [0.25, 0.3) is 0 Å². The van der Waals surface area contributed by atoms with Gasteiger partial charge in [0, 0.05) is 20.0 Å². The molecule has 2 N–H and O–H groups in total. The van der Waals surface area contributed by atoms with Gasteiger partial charge in [0.2, 0.25) is 17.6 Å². The lowest BCUT2D eigenvalue weighted by Gasteiger charge is -2.31. The maximum atomic E-state index is 12.1. The summed E-state index contributed by atoms with van der Waals surface area (Å²) in [4.78, 5) is 35.8. The number of nitrogens with zero attached hydrogens (tertiary/aromatic N) is 1. The molecule has 2 rings (SSSR count). The van der Waals surface area contributed by atoms with E-state index in [9.17, 15) is 14.4 Å². The van der Waals surface area contributed by atoms with Gasteiger partial charge in [0.25, 0.3) is 0 Å². The summed E-state index contributed by atoms with van der Waals surface area (Å²) < 4.78 is 5.06. The quantitative estimate of drug-likeness (QED) is 0.857. The Bertz CT molecular complexity index is 551. The van der Waals surface area contributed by atoms with Crippen LogP contribution in [0, 0.1) is 5.92 Å². The molecular weight excluding hydrogens is 276 g/mol. The van der Waals surface area contributed by atoms with Crippen molar-refractivity contribution in [2.45, 2.75) is 26.3 Å². The molecule has 2 amide bonds. The summed E-state index contributed by atoms with van der Waals surface area (Å²) in [5.74, 6) is -1.30. The molecule has 0 aromatic carbocycles. The summed E-state index contributed by atoms with van der Waals surface area (Å²) in [6.45, 7) is 2.76. The van der Waals surface area contributed by atoms with E-state index in [1.165, 1.54) is 19.1 Å². The number of rotatable bonds is 4. The number of carbonyl (C=O) groups is 3. The van der Waals surface area contributed by atoms with Crippen LogP contribution in [-0.4, -0.2) is 40.9 Å². The molecule has 0 aliphatic carbocycles. The standard InChI is InChI=1S/C14H18N2O5/c1-9(17)16-6-2-3-10(8-16)13(18)15-7-11-4-5-12(21-11)14(19)20/h4-5,10H,2-3,6-8H2,1H3,(H,15,18)(H,19,20). The molecule has 0 saturated carbocycles. The molecule has 21 heavy (non-hydrogen) atoms. The predicted molar refractivity (Wildman–Crippen MR) is 72.5 cm³/mol. The first-order valence-corrected chi connectivity index (χ1v) is 6.82. The maximum absolute atomic E-state index is 12.1. The minimum Gasteiger partial charge on any atom is -0.475 e. The van der Waals surface area contributed by atoms with Crippen LogP contribution in [0.3, 0.4) is 0 Å². The third-order valence-corrected chi connectivity index (χ3v) is 3.55. The van der Waals surface area contributed by atoms with Crippen LogP contribution < -0.4 is 5.32 Å². The normalized spacial score (nSPS) is 18.3. The van der Waals surface area contributed by atoms with E-state index in [0.29, 0.717) is 18.8 Å². The fourth-order valence-corrected chi connectivity index (χ4v) is 2.38. The first kappa shape index (κ1) is 15.1. The second-order valence-electron chi connectivity index (χ2n) is 5.09. The van der Waals surface area contributed by atoms with Crippen molar-refractivity contribution in [1.29, 1.82) is 0 Å². The first-order valence-electron chi connectivity index (χ1n) is 6.82. The fourth-order valence-electron chi connectivity index (χ4n) is 2.38. The highest BCUT2D eigenvalue weighted by molar-refractivity contribution is 5.84. The molecule has 7 heteroatoms. The Labute approximate surface area is 121 Å². The van der Waals surface area contributed by atoms with E-state index in [4.69, 9.17) is 9.52 Å². The van der Waals surface area contributed by atoms with Crippen LogP contribution in [0.2, 0.25) is 0 Å². The van der Waals surface area contributed by atoms with Gasteiger partial charge in [0.1, 0.15) is 5.76 Å². The fraction of sp³-hybridized carbons (Fsp3) is 0.500. The van der Waals surface area contributed by atoms with Gasteiger partial charge in [-0.25, -0.2) is 4.79 Å². The number of hydrogen-bond acceptors (Lipinski definition) is 4. The van der Waals surface area contributed by atoms with E-state index in [-0.39, 0.29) is 30.0 Å². The maximum Gasteiger partial charge on any atom is 0.371 e. The van der Waals surface area contributed by atoms with Crippen molar-refractivity contribution in [1.82, 2.24) is 10.2 Å². The average Bonchev–Trinajstić information content (AvgIpc) is 2.94. The Hall–Kier alpha value is -2.31. The number of nitrogens with one attached hydrogen (secondary N) is 1. The number of carboxylic acids is 1. The molecule has 7 nitrogen and oxygen atoms in total. The van der Waals surface area contributed by atoms with Crippen LogP contribution in [0.15, 0.2) is 16.5 Å². The highest BCUT2D eigenvalue weighted by Gasteiger charge is 2.26. The zero-order valence-corrected chi connectivity index (χ0v) is 11.8. The molecule has 0 radical (unpaired) electrons. The van der Waals surface area contributed by atoms with Gasteiger partial charge in [-0.1, -0.05) is 0 Å². The van der Waals surface area contributed by atoms with Crippen molar-refractivity contribution >= 4 is 17.8 Å². The lowest BCUT2D eigenvalue weighted by atomic mass is 9.97. The van der Waals surface area contributed by atoms with Crippen molar-refractivity contribution < 1.29 is 23.9 Å². The summed E-state index contributed by atoms with van der Waals surface area (Å²) in [6.07, 6.45) is 1.55. The van der Waals surface area contributed by atoms with Crippen molar-refractivity contribution in [2.75, 3.05) is 13.1 Å². The number of likely N-dealkylation sites (tertiary alicyclic amines) is 1. The van der Waals surface area contributed by atoms with E-state index < -0.39 is 5.97 Å². The molecule has 0 spiro atoms. The minimum atomic E-state index is -1.14. The van der Waals surface area contributed by atoms with E-state index >= 15 is 0 Å². The van der Waals surface area contributed by atoms with Crippen LogP contribution in [0.4, 0.5) is 0 Å². The number of piperidine rings is 1. The number of aromatic carboxylic acids is 1. The van der Waals surface area contributed by atoms with Gasteiger partial charge < -0.3 is 19.7 Å². The molecule has 1 atom stereocenters. The van der Waals surface area contributed by atoms with Crippen molar-refractivity contribution in [3.05, 3.63) is 23.7 Å². The highest BCUT2D eigenvalue weighted by Crippen LogP contribution is 2.17. The molecule has 1 fully saturated rings. The van der Waals surface area contributed by atoms with Gasteiger partial charge in [0.05, 0.1) is 12.5 Å². The van der Waals surface area contributed by atoms with Gasteiger partial charge in [-0.2, -0.15) is 0 Å². The molecule has 1 aromatic heterocycles. The molecule has 0 bridgehead atoms. The van der Waals surface area contributed by atoms with E-state index in [1.54, 1.807) is 4.90 Å². The van der Waals surface area contributed by atoms with Crippen molar-refractivity contribution in [3.8, 4) is 0 Å². The van der Waals surface area contributed by atoms with Crippen LogP contribution >= 0.6 is 0 Å². The molecule has 1 aliphatic rings. The summed E-state index contributed by atoms with van der Waals surface area (Å²) in [7, 11) is 0. The third-order valence-electron chi connectivity index (χ3n) is 3.55. The van der Waals surface area contributed by atoms with E-state index in [2.05, 4.69) is 5.32 Å². The third kappa shape index (κ3) is 3.84.